The zero-order valence-corrected chi connectivity index (χ0v) is 12.1. The maximum absolute atomic E-state index is 9.66. The molecule has 5 heteroatoms. The predicted octanol–water partition coefficient (Wildman–Crippen LogP) is -1.99. The summed E-state index contributed by atoms with van der Waals surface area (Å²) in [5.41, 5.74) is 0.904. The predicted molar refractivity (Wildman–Crippen MR) is 58.1 cm³/mol. The average Bonchev–Trinajstić information content (AvgIpc) is 2.11. The van der Waals surface area contributed by atoms with E-state index in [-0.39, 0.29) is 25.3 Å². The molecule has 0 unspecified atom stereocenters. The molecule has 0 spiro atoms. The standard InChI is InChI=1S/C8H16I2NO2/c1-3-6(2)11-7-4-10(13)5-9-8(7)12/h4,6,8,11-13H,3,5H2,1-2H3/q-1/t6-,8-/m0/s1. The third-order valence-corrected chi connectivity index (χ3v) is 11.8. The Morgan fingerprint density at radius 3 is 3.15 bits per heavy atom. The fraction of sp³-hybridized carbons (Fsp3) is 0.750. The van der Waals surface area contributed by atoms with Gasteiger partial charge in [-0.05, 0) is 0 Å². The van der Waals surface area contributed by atoms with Crippen molar-refractivity contribution in [2.75, 3.05) is 2.43 Å². The third-order valence-electron chi connectivity index (χ3n) is 1.83. The van der Waals surface area contributed by atoms with Crippen LogP contribution in [0.2, 0.25) is 0 Å². The van der Waals surface area contributed by atoms with Crippen LogP contribution in [-0.4, -0.2) is 21.1 Å². The molecule has 0 aromatic heterocycles. The van der Waals surface area contributed by atoms with Crippen molar-refractivity contribution in [2.45, 2.75) is 30.4 Å². The van der Waals surface area contributed by atoms with Crippen LogP contribution in [0, 0.1) is 0 Å². The van der Waals surface area contributed by atoms with Gasteiger partial charge in [0, 0.05) is 0 Å². The minimum atomic E-state index is -1.76. The normalized spacial score (nSPS) is 28.8. The topological polar surface area (TPSA) is 52.5 Å². The van der Waals surface area contributed by atoms with Crippen molar-refractivity contribution in [3.05, 3.63) is 9.78 Å². The van der Waals surface area contributed by atoms with E-state index >= 15 is 0 Å². The van der Waals surface area contributed by atoms with Crippen LogP contribution in [0.4, 0.5) is 0 Å². The first-order valence-electron chi connectivity index (χ1n) is 4.21. The number of hydrogen-bond acceptors (Lipinski definition) is 3. The van der Waals surface area contributed by atoms with Gasteiger partial charge in [-0.15, -0.1) is 0 Å². The van der Waals surface area contributed by atoms with Crippen LogP contribution < -0.4 is 26.5 Å². The van der Waals surface area contributed by atoms with Crippen molar-refractivity contribution in [3.63, 3.8) is 0 Å². The molecule has 1 heterocycles. The summed E-state index contributed by atoms with van der Waals surface area (Å²) in [6.45, 7) is 4.20. The van der Waals surface area contributed by atoms with Gasteiger partial charge in [-0.3, -0.25) is 0 Å². The molecule has 0 amide bonds. The SMILES string of the molecule is CC[C@H](C)NC1=CI(O)C[I-][C@H]1O. The first-order valence-corrected chi connectivity index (χ1v) is 10.7. The van der Waals surface area contributed by atoms with Crippen molar-refractivity contribution >= 4 is 20.2 Å². The molecule has 1 aliphatic rings. The Bertz CT molecular complexity index is 199. The van der Waals surface area contributed by atoms with Crippen LogP contribution in [0.25, 0.3) is 0 Å². The van der Waals surface area contributed by atoms with Crippen molar-refractivity contribution in [1.82, 2.24) is 5.32 Å². The molecule has 0 saturated heterocycles. The van der Waals surface area contributed by atoms with Crippen LogP contribution in [-0.2, 0) is 0 Å². The van der Waals surface area contributed by atoms with Gasteiger partial charge in [0.25, 0.3) is 0 Å². The molecule has 0 aliphatic carbocycles. The quantitative estimate of drug-likeness (QED) is 0.372. The Kier molecular flexibility index (Phi) is 5.27. The van der Waals surface area contributed by atoms with E-state index in [1.807, 2.05) is 4.08 Å². The second kappa shape index (κ2) is 5.72. The van der Waals surface area contributed by atoms with Gasteiger partial charge >= 0.3 is 97.9 Å². The fourth-order valence-corrected chi connectivity index (χ4v) is 10.1. The van der Waals surface area contributed by atoms with E-state index in [4.69, 9.17) is 0 Å². The molecule has 2 atom stereocenters. The number of aliphatic hydroxyl groups excluding tert-OH is 1. The van der Waals surface area contributed by atoms with E-state index in [1.165, 1.54) is 0 Å². The van der Waals surface area contributed by atoms with Gasteiger partial charge in [0.05, 0.1) is 0 Å². The van der Waals surface area contributed by atoms with Gasteiger partial charge in [-0.2, -0.15) is 0 Å². The van der Waals surface area contributed by atoms with Gasteiger partial charge in [-0.25, -0.2) is 0 Å². The summed E-state index contributed by atoms with van der Waals surface area (Å²) in [5.74, 6) is 0. The zero-order chi connectivity index (χ0) is 9.84. The molecule has 0 bridgehead atoms. The first kappa shape index (κ1) is 12.0. The summed E-state index contributed by atoms with van der Waals surface area (Å²) < 4.78 is 12.1. The summed E-state index contributed by atoms with van der Waals surface area (Å²) >= 11 is -1.98. The second-order valence-electron chi connectivity index (χ2n) is 2.98. The number of hydrogen-bond donors (Lipinski definition) is 3. The second-order valence-corrected chi connectivity index (χ2v) is 12.2. The van der Waals surface area contributed by atoms with Gasteiger partial charge in [0.1, 0.15) is 0 Å². The van der Waals surface area contributed by atoms with Crippen LogP contribution in [0.1, 0.15) is 20.3 Å². The fourth-order valence-electron chi connectivity index (χ4n) is 0.902. The van der Waals surface area contributed by atoms with E-state index in [2.05, 4.69) is 19.2 Å². The van der Waals surface area contributed by atoms with Crippen LogP contribution in [0.15, 0.2) is 9.78 Å². The first-order chi connectivity index (χ1) is 6.13. The Hall–Kier alpha value is 0.920. The average molecular weight is 412 g/mol. The molecule has 1 rings (SSSR count). The monoisotopic (exact) mass is 412 g/mol. The number of rotatable bonds is 3. The molecule has 0 fully saturated rings. The Balaban J connectivity index is 2.54. The van der Waals surface area contributed by atoms with Crippen molar-refractivity contribution < 1.29 is 29.7 Å². The van der Waals surface area contributed by atoms with Gasteiger partial charge in [-0.1, -0.05) is 0 Å². The van der Waals surface area contributed by atoms with Gasteiger partial charge < -0.3 is 0 Å². The maximum atomic E-state index is 9.66. The molecule has 0 radical (unpaired) electrons. The summed E-state index contributed by atoms with van der Waals surface area (Å²) in [7, 11) is 0. The van der Waals surface area contributed by atoms with Crippen LogP contribution in [0.5, 0.6) is 0 Å². The molecule has 3 N–H and O–H groups in total. The van der Waals surface area contributed by atoms with Crippen LogP contribution in [0.3, 0.4) is 0 Å². The van der Waals surface area contributed by atoms with Gasteiger partial charge in [0.2, 0.25) is 0 Å². The Labute approximate surface area is 97.2 Å². The molecule has 0 aromatic carbocycles. The Morgan fingerprint density at radius 2 is 2.54 bits per heavy atom. The van der Waals surface area contributed by atoms with Crippen molar-refractivity contribution in [1.29, 1.82) is 0 Å². The molecule has 80 valence electrons. The molecule has 13 heavy (non-hydrogen) atoms. The van der Waals surface area contributed by atoms with Crippen molar-refractivity contribution in [3.8, 4) is 0 Å². The number of alkyl halides is 3. The summed E-state index contributed by atoms with van der Waals surface area (Å²) in [6, 6.07) is 0.396. The number of nitrogens with one attached hydrogen (secondary N) is 1. The summed E-state index contributed by atoms with van der Waals surface area (Å²) in [5, 5.41) is 12.9. The molecule has 1 aliphatic heterocycles. The molecule has 0 aromatic rings. The molecular formula is C8H16I2NO2-. The number of halogens is 2. The van der Waals surface area contributed by atoms with Crippen molar-refractivity contribution in [2.24, 2.45) is 0 Å². The Morgan fingerprint density at radius 1 is 1.85 bits per heavy atom. The number of aliphatic hydroxyl groups is 1. The van der Waals surface area contributed by atoms with Crippen LogP contribution >= 0.6 is 20.2 Å². The minimum absolute atomic E-state index is 0.221. The third kappa shape index (κ3) is 3.88. The molecular weight excluding hydrogens is 396 g/mol. The summed E-state index contributed by atoms with van der Waals surface area (Å²) in [6.07, 6.45) is 1.04. The van der Waals surface area contributed by atoms with E-state index < -0.39 is 20.2 Å². The van der Waals surface area contributed by atoms with E-state index in [0.29, 0.717) is 6.04 Å². The van der Waals surface area contributed by atoms with E-state index in [0.717, 1.165) is 14.6 Å². The van der Waals surface area contributed by atoms with Gasteiger partial charge in [0.15, 0.2) is 0 Å². The van der Waals surface area contributed by atoms with E-state index in [9.17, 15) is 8.54 Å². The summed E-state index contributed by atoms with van der Waals surface area (Å²) in [4.78, 5) is 0. The van der Waals surface area contributed by atoms with E-state index in [1.54, 1.807) is 0 Å². The molecule has 3 nitrogen and oxygen atoms in total. The molecule has 0 saturated carbocycles. The zero-order valence-electron chi connectivity index (χ0n) is 7.80.